The molecule has 3 aromatic heterocycles. The highest BCUT2D eigenvalue weighted by molar-refractivity contribution is 7.15. The van der Waals surface area contributed by atoms with Gasteiger partial charge in [-0.15, -0.1) is 10.2 Å². The molecular formula is C26H25F2N5O3S. The molecule has 0 saturated heterocycles. The largest absolute Gasteiger partial charge is 0.494 e. The van der Waals surface area contributed by atoms with Crippen molar-refractivity contribution in [2.75, 3.05) is 12.4 Å². The molecule has 0 aromatic carbocycles. The maximum Gasteiger partial charge on any atom is 0.280 e. The highest BCUT2D eigenvalue weighted by Crippen LogP contribution is 2.75. The van der Waals surface area contributed by atoms with Gasteiger partial charge in [0, 0.05) is 29.7 Å². The number of alkyl halides is 2. The van der Waals surface area contributed by atoms with Gasteiger partial charge in [-0.25, -0.2) is 13.8 Å². The predicted octanol–water partition coefficient (Wildman–Crippen LogP) is 4.97. The molecule has 5 rings (SSSR count). The Hall–Kier alpha value is -3.49. The monoisotopic (exact) mass is 525 g/mol. The van der Waals surface area contributed by atoms with Crippen LogP contribution in [-0.2, 0) is 0 Å². The van der Waals surface area contributed by atoms with Crippen molar-refractivity contribution in [3.63, 3.8) is 0 Å². The van der Waals surface area contributed by atoms with Crippen LogP contribution >= 0.6 is 11.3 Å². The van der Waals surface area contributed by atoms with Crippen LogP contribution in [0, 0.1) is 17.3 Å². The third-order valence-corrected chi connectivity index (χ3v) is 7.50. The van der Waals surface area contributed by atoms with Crippen LogP contribution in [0.5, 0.6) is 5.75 Å². The maximum absolute atomic E-state index is 13.5. The molecule has 0 bridgehead atoms. The van der Waals surface area contributed by atoms with Gasteiger partial charge in [0.1, 0.15) is 22.1 Å². The summed E-state index contributed by atoms with van der Waals surface area (Å²) in [6.07, 6.45) is 3.46. The van der Waals surface area contributed by atoms with Crippen molar-refractivity contribution in [1.82, 2.24) is 20.2 Å². The molecule has 1 unspecified atom stereocenters. The Morgan fingerprint density at radius 2 is 2.05 bits per heavy atom. The van der Waals surface area contributed by atoms with E-state index in [0.717, 1.165) is 11.4 Å². The Morgan fingerprint density at radius 3 is 2.70 bits per heavy atom. The van der Waals surface area contributed by atoms with E-state index in [2.05, 4.69) is 37.3 Å². The topological polar surface area (TPSA) is 110 Å². The molecule has 0 aliphatic heterocycles. The molecule has 37 heavy (non-hydrogen) atoms. The number of amides is 1. The standard InChI is InChI=1S/C26H25F2N5O3S/c1-25(2,35)6-4-5-14-9-15(16-10-19(21(27)28)30-13-20(16)36-3)17(12-29-14)22(34)31-24-33-32-23(37-24)18-11-26(18)7-8-26/h9-10,12-13,18,21,35H,6-8,11H2,1-3H3,(H,31,33,34). The zero-order valence-electron chi connectivity index (χ0n) is 20.5. The first-order chi connectivity index (χ1) is 17.6. The van der Waals surface area contributed by atoms with Crippen molar-refractivity contribution in [1.29, 1.82) is 0 Å². The van der Waals surface area contributed by atoms with Crippen molar-refractivity contribution >= 4 is 22.4 Å². The fourth-order valence-electron chi connectivity index (χ4n) is 4.23. The van der Waals surface area contributed by atoms with Crippen molar-refractivity contribution in [3.05, 3.63) is 46.5 Å². The third-order valence-electron chi connectivity index (χ3n) is 6.55. The van der Waals surface area contributed by atoms with E-state index in [4.69, 9.17) is 4.74 Å². The number of hydrogen-bond acceptors (Lipinski definition) is 8. The molecule has 2 fully saturated rings. The highest BCUT2D eigenvalue weighted by atomic mass is 32.1. The second-order valence-corrected chi connectivity index (χ2v) is 11.0. The van der Waals surface area contributed by atoms with Gasteiger partial charge in [-0.2, -0.15) is 0 Å². The Kier molecular flexibility index (Phi) is 6.41. The molecule has 1 amide bonds. The van der Waals surface area contributed by atoms with E-state index in [9.17, 15) is 18.7 Å². The van der Waals surface area contributed by atoms with Gasteiger partial charge in [0.15, 0.2) is 0 Å². The van der Waals surface area contributed by atoms with Gasteiger partial charge in [-0.05, 0) is 56.6 Å². The maximum atomic E-state index is 13.5. The first-order valence-corrected chi connectivity index (χ1v) is 12.6. The minimum Gasteiger partial charge on any atom is -0.494 e. The van der Waals surface area contributed by atoms with E-state index in [1.165, 1.54) is 55.8 Å². The van der Waals surface area contributed by atoms with Crippen LogP contribution in [0.25, 0.3) is 11.1 Å². The number of carbonyl (C=O) groups excluding carboxylic acids is 1. The van der Waals surface area contributed by atoms with Crippen molar-refractivity contribution in [3.8, 4) is 28.7 Å². The normalized spacial score (nSPS) is 17.3. The molecular weight excluding hydrogens is 500 g/mol. The van der Waals surface area contributed by atoms with Crippen LogP contribution < -0.4 is 10.1 Å². The average molecular weight is 526 g/mol. The van der Waals surface area contributed by atoms with Crippen LogP contribution in [-0.4, -0.2) is 43.9 Å². The van der Waals surface area contributed by atoms with E-state index in [0.29, 0.717) is 27.7 Å². The van der Waals surface area contributed by atoms with Gasteiger partial charge in [-0.3, -0.25) is 15.1 Å². The lowest BCUT2D eigenvalue weighted by Gasteiger charge is -2.14. The molecule has 192 valence electrons. The lowest BCUT2D eigenvalue weighted by Crippen LogP contribution is -2.16. The first-order valence-electron chi connectivity index (χ1n) is 11.8. The molecule has 2 saturated carbocycles. The number of aliphatic hydroxyl groups is 1. The quantitative estimate of drug-likeness (QED) is 0.419. The molecule has 2 aliphatic rings. The molecule has 1 spiro atoms. The predicted molar refractivity (Wildman–Crippen MR) is 134 cm³/mol. The lowest BCUT2D eigenvalue weighted by atomic mass is 9.99. The number of anilines is 1. The van der Waals surface area contributed by atoms with Crippen LogP contribution in [0.4, 0.5) is 13.9 Å². The van der Waals surface area contributed by atoms with Crippen molar-refractivity contribution in [2.45, 2.75) is 57.5 Å². The second-order valence-electron chi connectivity index (χ2n) is 10.0. The second kappa shape index (κ2) is 9.43. The van der Waals surface area contributed by atoms with Gasteiger partial charge in [-0.1, -0.05) is 17.3 Å². The number of nitrogens with zero attached hydrogens (tertiary/aromatic N) is 4. The van der Waals surface area contributed by atoms with Gasteiger partial charge in [0.05, 0.1) is 24.5 Å². The van der Waals surface area contributed by atoms with Gasteiger partial charge >= 0.3 is 0 Å². The summed E-state index contributed by atoms with van der Waals surface area (Å²) in [6, 6.07) is 2.72. The Labute approximate surface area is 216 Å². The van der Waals surface area contributed by atoms with Gasteiger partial charge in [0.25, 0.3) is 12.3 Å². The fraction of sp³-hybridized carbons (Fsp3) is 0.423. The van der Waals surface area contributed by atoms with E-state index >= 15 is 0 Å². The SMILES string of the molecule is COc1cnc(C(F)F)cc1-c1cc(C#CCC(C)(C)O)ncc1C(=O)Nc1nnc(C2CC23CC3)s1. The van der Waals surface area contributed by atoms with E-state index in [1.54, 1.807) is 13.8 Å². The summed E-state index contributed by atoms with van der Waals surface area (Å²) < 4.78 is 32.3. The summed E-state index contributed by atoms with van der Waals surface area (Å²) in [6.45, 7) is 3.27. The highest BCUT2D eigenvalue weighted by Gasteiger charge is 2.64. The van der Waals surface area contributed by atoms with Gasteiger partial charge < -0.3 is 9.84 Å². The zero-order chi connectivity index (χ0) is 26.4. The number of carbonyl (C=O) groups is 1. The zero-order valence-corrected chi connectivity index (χ0v) is 21.3. The number of ether oxygens (including phenoxy) is 1. The van der Waals surface area contributed by atoms with E-state index in [1.807, 2.05) is 0 Å². The smallest absolute Gasteiger partial charge is 0.280 e. The van der Waals surface area contributed by atoms with Crippen LogP contribution in [0.3, 0.4) is 0 Å². The van der Waals surface area contributed by atoms with E-state index in [-0.39, 0.29) is 23.3 Å². The first kappa shape index (κ1) is 25.2. The number of methoxy groups -OCH3 is 1. The molecule has 0 radical (unpaired) electrons. The molecule has 2 aliphatic carbocycles. The molecule has 2 N–H and O–H groups in total. The summed E-state index contributed by atoms with van der Waals surface area (Å²) in [4.78, 5) is 21.4. The molecule has 11 heteroatoms. The van der Waals surface area contributed by atoms with Crippen LogP contribution in [0.2, 0.25) is 0 Å². The number of nitrogens with one attached hydrogen (secondary N) is 1. The lowest BCUT2D eigenvalue weighted by molar-refractivity contribution is 0.0862. The summed E-state index contributed by atoms with van der Waals surface area (Å²) in [5.74, 6) is 5.83. The molecule has 8 nitrogen and oxygen atoms in total. The van der Waals surface area contributed by atoms with E-state index < -0.39 is 23.6 Å². The Balaban J connectivity index is 1.50. The number of pyridine rings is 2. The minimum absolute atomic E-state index is 0.125. The Morgan fingerprint density at radius 1 is 1.27 bits per heavy atom. The minimum atomic E-state index is -2.81. The molecule has 3 aromatic rings. The summed E-state index contributed by atoms with van der Waals surface area (Å²) in [5.41, 5.74) is -0.0608. The molecule has 3 heterocycles. The van der Waals surface area contributed by atoms with Crippen molar-refractivity contribution < 1.29 is 23.4 Å². The summed E-state index contributed by atoms with van der Waals surface area (Å²) in [7, 11) is 1.39. The fourth-order valence-corrected chi connectivity index (χ4v) is 5.21. The van der Waals surface area contributed by atoms with Crippen LogP contribution in [0.15, 0.2) is 24.5 Å². The summed E-state index contributed by atoms with van der Waals surface area (Å²) in [5, 5.41) is 22.4. The average Bonchev–Trinajstić information content (AvgIpc) is 3.74. The summed E-state index contributed by atoms with van der Waals surface area (Å²) >= 11 is 1.35. The number of halogens is 2. The number of aromatic nitrogens is 4. The van der Waals surface area contributed by atoms with Crippen LogP contribution in [0.1, 0.15) is 78.6 Å². The van der Waals surface area contributed by atoms with Crippen molar-refractivity contribution in [2.24, 2.45) is 5.41 Å². The molecule has 1 atom stereocenters. The van der Waals surface area contributed by atoms with Gasteiger partial charge in [0.2, 0.25) is 5.13 Å². The number of hydrogen-bond donors (Lipinski definition) is 2. The third kappa shape index (κ3) is 5.45. The Bertz CT molecular complexity index is 1420. The number of rotatable bonds is 7.